The van der Waals surface area contributed by atoms with Crippen LogP contribution in [0.5, 0.6) is 0 Å². The Bertz CT molecular complexity index is 293. The highest BCUT2D eigenvalue weighted by atomic mass is 14.2. The summed E-state index contributed by atoms with van der Waals surface area (Å²) in [5, 5.41) is 8.66. The number of nitrogens with zero attached hydrogens (tertiary/aromatic N) is 1. The molecule has 88 valence electrons. The van der Waals surface area contributed by atoms with E-state index in [0.717, 1.165) is 25.7 Å². The summed E-state index contributed by atoms with van der Waals surface area (Å²) in [5.74, 6) is 1.06. The molecule has 0 bridgehead atoms. The molecule has 1 nitrogen and oxygen atoms in total. The van der Waals surface area contributed by atoms with E-state index in [1.807, 2.05) is 6.08 Å². The van der Waals surface area contributed by atoms with Gasteiger partial charge in [-0.25, -0.2) is 0 Å². The van der Waals surface area contributed by atoms with Gasteiger partial charge in [-0.1, -0.05) is 31.7 Å². The molecule has 0 rings (SSSR count). The second-order valence-corrected chi connectivity index (χ2v) is 4.59. The fourth-order valence-corrected chi connectivity index (χ4v) is 1.62. The second kappa shape index (κ2) is 7.93. The second-order valence-electron chi connectivity index (χ2n) is 4.59. The maximum absolute atomic E-state index is 8.66. The number of nitriles is 1. The first kappa shape index (κ1) is 14.7. The highest BCUT2D eigenvalue weighted by molar-refractivity contribution is 5.16. The lowest BCUT2D eigenvalue weighted by atomic mass is 9.88. The molecule has 0 fully saturated rings. The maximum atomic E-state index is 8.66. The fourth-order valence-electron chi connectivity index (χ4n) is 1.62. The molecule has 0 saturated heterocycles. The number of hydrogen-bond donors (Lipinski definition) is 0. The van der Waals surface area contributed by atoms with Crippen LogP contribution in [0.4, 0.5) is 0 Å². The first-order chi connectivity index (χ1) is 7.51. The number of hydrogen-bond acceptors (Lipinski definition) is 1. The van der Waals surface area contributed by atoms with Crippen LogP contribution in [-0.2, 0) is 0 Å². The molecule has 0 aliphatic heterocycles. The van der Waals surface area contributed by atoms with Crippen molar-refractivity contribution in [2.45, 2.75) is 39.5 Å². The van der Waals surface area contributed by atoms with Gasteiger partial charge in [0.1, 0.15) is 0 Å². The van der Waals surface area contributed by atoms with Gasteiger partial charge in [0.2, 0.25) is 0 Å². The van der Waals surface area contributed by atoms with Crippen molar-refractivity contribution < 1.29 is 0 Å². The molecule has 0 aliphatic rings. The van der Waals surface area contributed by atoms with Gasteiger partial charge >= 0.3 is 0 Å². The molecule has 0 spiro atoms. The van der Waals surface area contributed by atoms with E-state index in [1.165, 1.54) is 5.57 Å². The molecule has 0 aromatic rings. The zero-order valence-electron chi connectivity index (χ0n) is 10.6. The summed E-state index contributed by atoms with van der Waals surface area (Å²) in [6, 6.07) is 2.09. The molecule has 0 amide bonds. The van der Waals surface area contributed by atoms with Crippen LogP contribution in [0, 0.1) is 23.2 Å². The van der Waals surface area contributed by atoms with E-state index in [0.29, 0.717) is 17.4 Å². The Hall–Kier alpha value is -1.29. The van der Waals surface area contributed by atoms with E-state index >= 15 is 0 Å². The molecule has 0 saturated carbocycles. The Morgan fingerprint density at radius 3 is 2.38 bits per heavy atom. The minimum absolute atomic E-state index is 0.507. The molecule has 0 heterocycles. The van der Waals surface area contributed by atoms with E-state index < -0.39 is 0 Å². The van der Waals surface area contributed by atoms with Crippen molar-refractivity contribution >= 4 is 0 Å². The smallest absolute Gasteiger partial charge is 0.0940 e. The van der Waals surface area contributed by atoms with Crippen LogP contribution < -0.4 is 0 Å². The minimum atomic E-state index is 0.507. The SMILES string of the molecule is C=CC(C)CCC(CCC(=C)C#N)C(=C)C. The third-order valence-corrected chi connectivity index (χ3v) is 3.02. The third-order valence-electron chi connectivity index (χ3n) is 3.02. The quantitative estimate of drug-likeness (QED) is 0.429. The van der Waals surface area contributed by atoms with Crippen LogP contribution in [0.25, 0.3) is 0 Å². The molecule has 2 atom stereocenters. The summed E-state index contributed by atoms with van der Waals surface area (Å²) < 4.78 is 0. The Balaban J connectivity index is 4.09. The van der Waals surface area contributed by atoms with Crippen LogP contribution in [0.2, 0.25) is 0 Å². The summed E-state index contributed by atoms with van der Waals surface area (Å²) in [6.45, 7) is 15.8. The third kappa shape index (κ3) is 6.24. The summed E-state index contributed by atoms with van der Waals surface area (Å²) in [7, 11) is 0. The van der Waals surface area contributed by atoms with Crippen LogP contribution in [0.3, 0.4) is 0 Å². The molecular weight excluding hydrogens is 194 g/mol. The van der Waals surface area contributed by atoms with Gasteiger partial charge in [0, 0.05) is 5.57 Å². The summed E-state index contributed by atoms with van der Waals surface area (Å²) in [5.41, 5.74) is 1.88. The largest absolute Gasteiger partial charge is 0.193 e. The van der Waals surface area contributed by atoms with Gasteiger partial charge in [0.25, 0.3) is 0 Å². The Morgan fingerprint density at radius 1 is 1.31 bits per heavy atom. The van der Waals surface area contributed by atoms with Crippen molar-refractivity contribution in [1.29, 1.82) is 5.26 Å². The molecule has 0 aromatic carbocycles. The van der Waals surface area contributed by atoms with Gasteiger partial charge < -0.3 is 0 Å². The van der Waals surface area contributed by atoms with Gasteiger partial charge in [-0.05, 0) is 44.4 Å². The van der Waals surface area contributed by atoms with Gasteiger partial charge in [-0.3, -0.25) is 0 Å². The maximum Gasteiger partial charge on any atom is 0.0940 e. The van der Waals surface area contributed by atoms with Crippen molar-refractivity contribution in [2.75, 3.05) is 0 Å². The topological polar surface area (TPSA) is 23.8 Å². The Kier molecular flexibility index (Phi) is 7.29. The van der Waals surface area contributed by atoms with E-state index in [2.05, 4.69) is 39.7 Å². The predicted molar refractivity (Wildman–Crippen MR) is 70.9 cm³/mol. The normalized spacial score (nSPS) is 13.6. The predicted octanol–water partition coefficient (Wildman–Crippen LogP) is 4.64. The molecule has 0 aliphatic carbocycles. The van der Waals surface area contributed by atoms with Crippen LogP contribution >= 0.6 is 0 Å². The first-order valence-electron chi connectivity index (χ1n) is 5.87. The van der Waals surface area contributed by atoms with E-state index in [9.17, 15) is 0 Å². The molecule has 2 unspecified atom stereocenters. The zero-order chi connectivity index (χ0) is 12.6. The van der Waals surface area contributed by atoms with Gasteiger partial charge in [0.15, 0.2) is 0 Å². The molecule has 1 heteroatoms. The highest BCUT2D eigenvalue weighted by Gasteiger charge is 2.11. The summed E-state index contributed by atoms with van der Waals surface area (Å²) >= 11 is 0. The lowest BCUT2D eigenvalue weighted by Crippen LogP contribution is -2.04. The average Bonchev–Trinajstić information content (AvgIpc) is 2.27. The number of allylic oxidation sites excluding steroid dienone is 3. The molecular formula is C15H23N. The number of rotatable bonds is 8. The summed E-state index contributed by atoms with van der Waals surface area (Å²) in [6.07, 6.45) is 6.03. The van der Waals surface area contributed by atoms with Crippen LogP contribution in [-0.4, -0.2) is 0 Å². The fraction of sp³-hybridized carbons (Fsp3) is 0.533. The monoisotopic (exact) mass is 217 g/mol. The van der Waals surface area contributed by atoms with Crippen molar-refractivity contribution in [3.8, 4) is 6.07 Å². The average molecular weight is 217 g/mol. The van der Waals surface area contributed by atoms with E-state index in [4.69, 9.17) is 5.26 Å². The van der Waals surface area contributed by atoms with Crippen molar-refractivity contribution in [1.82, 2.24) is 0 Å². The first-order valence-corrected chi connectivity index (χ1v) is 5.87. The minimum Gasteiger partial charge on any atom is -0.193 e. The Labute approximate surface area is 100 Å². The summed E-state index contributed by atoms with van der Waals surface area (Å²) in [4.78, 5) is 0. The highest BCUT2D eigenvalue weighted by Crippen LogP contribution is 2.25. The van der Waals surface area contributed by atoms with Gasteiger partial charge in [-0.2, -0.15) is 5.26 Å². The van der Waals surface area contributed by atoms with Crippen molar-refractivity contribution in [3.63, 3.8) is 0 Å². The molecule has 0 aromatic heterocycles. The van der Waals surface area contributed by atoms with E-state index in [1.54, 1.807) is 0 Å². The van der Waals surface area contributed by atoms with Crippen LogP contribution in [0.1, 0.15) is 39.5 Å². The Morgan fingerprint density at radius 2 is 1.94 bits per heavy atom. The van der Waals surface area contributed by atoms with E-state index in [-0.39, 0.29) is 0 Å². The van der Waals surface area contributed by atoms with Crippen molar-refractivity contribution in [3.05, 3.63) is 37.0 Å². The van der Waals surface area contributed by atoms with Gasteiger partial charge in [-0.15, -0.1) is 6.58 Å². The molecule has 16 heavy (non-hydrogen) atoms. The lowest BCUT2D eigenvalue weighted by Gasteiger charge is -2.18. The van der Waals surface area contributed by atoms with Gasteiger partial charge in [0.05, 0.1) is 6.07 Å². The lowest BCUT2D eigenvalue weighted by molar-refractivity contribution is 0.465. The van der Waals surface area contributed by atoms with Crippen molar-refractivity contribution in [2.24, 2.45) is 11.8 Å². The van der Waals surface area contributed by atoms with Crippen LogP contribution in [0.15, 0.2) is 37.0 Å². The standard InChI is InChI=1S/C15H23N/c1-6-13(4)7-9-15(12(2)3)10-8-14(5)11-16/h6,13,15H,1-2,5,7-10H2,3-4H3. The molecule has 0 radical (unpaired) electrons. The molecule has 0 N–H and O–H groups in total. The zero-order valence-corrected chi connectivity index (χ0v) is 10.6.